The predicted molar refractivity (Wildman–Crippen MR) is 80.5 cm³/mol. The van der Waals surface area contributed by atoms with Crippen molar-refractivity contribution in [1.29, 1.82) is 0 Å². The van der Waals surface area contributed by atoms with Crippen molar-refractivity contribution in [2.24, 2.45) is 5.92 Å². The molecule has 0 saturated heterocycles. The van der Waals surface area contributed by atoms with E-state index >= 15 is 0 Å². The van der Waals surface area contributed by atoms with Crippen molar-refractivity contribution in [1.82, 2.24) is 5.32 Å². The van der Waals surface area contributed by atoms with Crippen molar-refractivity contribution in [2.75, 3.05) is 0 Å². The summed E-state index contributed by atoms with van der Waals surface area (Å²) < 4.78 is 6.12. The molecule has 0 spiro atoms. The molecule has 1 aliphatic rings. The van der Waals surface area contributed by atoms with Crippen molar-refractivity contribution in [3.63, 3.8) is 0 Å². The molecule has 19 heavy (non-hydrogen) atoms. The number of benzene rings is 1. The van der Waals surface area contributed by atoms with Crippen molar-refractivity contribution < 1.29 is 4.74 Å². The first kappa shape index (κ1) is 14.4. The van der Waals surface area contributed by atoms with Gasteiger partial charge in [0.1, 0.15) is 5.75 Å². The summed E-state index contributed by atoms with van der Waals surface area (Å²) in [5.74, 6) is 1.91. The minimum absolute atomic E-state index is 0.421. The standard InChI is InChI=1S/C17H27NO/c1-13(2)18-12-15-5-4-6-17(11-15)19-16-9-7-14(3)8-10-16/h4-6,11,13-14,16,18H,7-10,12H2,1-3H3. The van der Waals surface area contributed by atoms with Gasteiger partial charge in [0, 0.05) is 12.6 Å². The summed E-state index contributed by atoms with van der Waals surface area (Å²) >= 11 is 0. The third-order valence-electron chi connectivity index (χ3n) is 3.88. The maximum absolute atomic E-state index is 6.12. The van der Waals surface area contributed by atoms with Crippen molar-refractivity contribution in [3.8, 4) is 5.75 Å². The molecule has 0 bridgehead atoms. The molecule has 0 heterocycles. The van der Waals surface area contributed by atoms with E-state index < -0.39 is 0 Å². The SMILES string of the molecule is CC1CCC(Oc2cccc(CNC(C)C)c2)CC1. The summed E-state index contributed by atoms with van der Waals surface area (Å²) in [7, 11) is 0. The summed E-state index contributed by atoms with van der Waals surface area (Å²) in [5, 5.41) is 3.44. The predicted octanol–water partition coefficient (Wildman–Crippen LogP) is 4.14. The van der Waals surface area contributed by atoms with Gasteiger partial charge in [-0.3, -0.25) is 0 Å². The highest BCUT2D eigenvalue weighted by Crippen LogP contribution is 2.27. The van der Waals surface area contributed by atoms with Crippen LogP contribution in [0.5, 0.6) is 5.75 Å². The van der Waals surface area contributed by atoms with Crippen LogP contribution >= 0.6 is 0 Å². The summed E-state index contributed by atoms with van der Waals surface area (Å²) in [6, 6.07) is 9.03. The molecule has 2 rings (SSSR count). The molecular weight excluding hydrogens is 234 g/mol. The van der Waals surface area contributed by atoms with Crippen molar-refractivity contribution >= 4 is 0 Å². The van der Waals surface area contributed by atoms with Crippen LogP contribution in [0.4, 0.5) is 0 Å². The fourth-order valence-electron chi connectivity index (χ4n) is 2.59. The van der Waals surface area contributed by atoms with E-state index in [0.717, 1.165) is 18.2 Å². The van der Waals surface area contributed by atoms with Crippen LogP contribution in [0.25, 0.3) is 0 Å². The van der Waals surface area contributed by atoms with E-state index in [0.29, 0.717) is 12.1 Å². The lowest BCUT2D eigenvalue weighted by Gasteiger charge is -2.27. The van der Waals surface area contributed by atoms with Crippen LogP contribution in [0.15, 0.2) is 24.3 Å². The molecule has 1 N–H and O–H groups in total. The Labute approximate surface area is 117 Å². The zero-order chi connectivity index (χ0) is 13.7. The number of hydrogen-bond donors (Lipinski definition) is 1. The van der Waals surface area contributed by atoms with Crippen LogP contribution in [0.3, 0.4) is 0 Å². The van der Waals surface area contributed by atoms with Crippen LogP contribution in [0.2, 0.25) is 0 Å². The van der Waals surface area contributed by atoms with E-state index in [4.69, 9.17) is 4.74 Å². The van der Waals surface area contributed by atoms with E-state index in [1.807, 2.05) is 0 Å². The average Bonchev–Trinajstić information content (AvgIpc) is 2.40. The van der Waals surface area contributed by atoms with Gasteiger partial charge in [-0.05, 0) is 49.3 Å². The molecule has 1 aromatic rings. The Morgan fingerprint density at radius 3 is 2.63 bits per heavy atom. The lowest BCUT2D eigenvalue weighted by Crippen LogP contribution is -2.23. The summed E-state index contributed by atoms with van der Waals surface area (Å²) in [6.45, 7) is 7.60. The van der Waals surface area contributed by atoms with Gasteiger partial charge in [0.25, 0.3) is 0 Å². The van der Waals surface area contributed by atoms with Gasteiger partial charge in [-0.2, -0.15) is 0 Å². The molecule has 0 atom stereocenters. The number of rotatable bonds is 5. The molecule has 0 aliphatic heterocycles. The third kappa shape index (κ3) is 4.87. The van der Waals surface area contributed by atoms with E-state index in [-0.39, 0.29) is 0 Å². The molecule has 0 amide bonds. The number of nitrogens with one attached hydrogen (secondary N) is 1. The molecule has 1 aliphatic carbocycles. The van der Waals surface area contributed by atoms with Crippen LogP contribution < -0.4 is 10.1 Å². The van der Waals surface area contributed by atoms with Crippen LogP contribution in [0, 0.1) is 5.92 Å². The third-order valence-corrected chi connectivity index (χ3v) is 3.88. The Kier molecular flexibility index (Phi) is 5.26. The number of hydrogen-bond acceptors (Lipinski definition) is 2. The largest absolute Gasteiger partial charge is 0.490 e. The van der Waals surface area contributed by atoms with Gasteiger partial charge in [-0.15, -0.1) is 0 Å². The van der Waals surface area contributed by atoms with E-state index in [2.05, 4.69) is 50.4 Å². The van der Waals surface area contributed by atoms with E-state index in [1.54, 1.807) is 0 Å². The van der Waals surface area contributed by atoms with Gasteiger partial charge in [0.15, 0.2) is 0 Å². The van der Waals surface area contributed by atoms with Gasteiger partial charge >= 0.3 is 0 Å². The highest BCUT2D eigenvalue weighted by atomic mass is 16.5. The Morgan fingerprint density at radius 2 is 1.95 bits per heavy atom. The average molecular weight is 261 g/mol. The van der Waals surface area contributed by atoms with E-state index in [1.165, 1.54) is 31.2 Å². The van der Waals surface area contributed by atoms with Gasteiger partial charge < -0.3 is 10.1 Å². The van der Waals surface area contributed by atoms with Gasteiger partial charge in [-0.25, -0.2) is 0 Å². The minimum atomic E-state index is 0.421. The molecular formula is C17H27NO. The second kappa shape index (κ2) is 6.95. The van der Waals surface area contributed by atoms with Crippen LogP contribution in [-0.4, -0.2) is 12.1 Å². The number of ether oxygens (including phenoxy) is 1. The maximum atomic E-state index is 6.12. The minimum Gasteiger partial charge on any atom is -0.490 e. The zero-order valence-corrected chi connectivity index (χ0v) is 12.5. The van der Waals surface area contributed by atoms with Crippen molar-refractivity contribution in [3.05, 3.63) is 29.8 Å². The van der Waals surface area contributed by atoms with Crippen LogP contribution in [0.1, 0.15) is 52.0 Å². The molecule has 1 saturated carbocycles. The summed E-state index contributed by atoms with van der Waals surface area (Å²) in [6.07, 6.45) is 5.44. The molecule has 106 valence electrons. The Balaban J connectivity index is 1.88. The second-order valence-electron chi connectivity index (χ2n) is 6.18. The van der Waals surface area contributed by atoms with Gasteiger partial charge in [0.2, 0.25) is 0 Å². The lowest BCUT2D eigenvalue weighted by atomic mass is 9.89. The fraction of sp³-hybridized carbons (Fsp3) is 0.647. The van der Waals surface area contributed by atoms with E-state index in [9.17, 15) is 0 Å². The Morgan fingerprint density at radius 1 is 1.21 bits per heavy atom. The molecule has 0 radical (unpaired) electrons. The van der Waals surface area contributed by atoms with Gasteiger partial charge in [-0.1, -0.05) is 32.9 Å². The molecule has 2 heteroatoms. The quantitative estimate of drug-likeness (QED) is 0.860. The monoisotopic (exact) mass is 261 g/mol. The Bertz CT molecular complexity index is 381. The maximum Gasteiger partial charge on any atom is 0.120 e. The summed E-state index contributed by atoms with van der Waals surface area (Å²) in [4.78, 5) is 0. The lowest BCUT2D eigenvalue weighted by molar-refractivity contribution is 0.135. The topological polar surface area (TPSA) is 21.3 Å². The van der Waals surface area contributed by atoms with Crippen LogP contribution in [-0.2, 0) is 6.54 Å². The highest BCUT2D eigenvalue weighted by Gasteiger charge is 2.19. The molecule has 0 unspecified atom stereocenters. The molecule has 1 fully saturated rings. The summed E-state index contributed by atoms with van der Waals surface area (Å²) in [5.41, 5.74) is 1.30. The molecule has 0 aromatic heterocycles. The Hall–Kier alpha value is -1.02. The van der Waals surface area contributed by atoms with Gasteiger partial charge in [0.05, 0.1) is 6.10 Å². The highest BCUT2D eigenvalue weighted by molar-refractivity contribution is 5.28. The first-order chi connectivity index (χ1) is 9.13. The second-order valence-corrected chi connectivity index (χ2v) is 6.18. The fourth-order valence-corrected chi connectivity index (χ4v) is 2.59. The molecule has 2 nitrogen and oxygen atoms in total. The first-order valence-corrected chi connectivity index (χ1v) is 7.62. The zero-order valence-electron chi connectivity index (χ0n) is 12.5. The molecule has 1 aromatic carbocycles. The van der Waals surface area contributed by atoms with Crippen molar-refractivity contribution in [2.45, 2.75) is 65.1 Å². The normalized spacial score (nSPS) is 23.6. The first-order valence-electron chi connectivity index (χ1n) is 7.62. The smallest absolute Gasteiger partial charge is 0.120 e.